The lowest BCUT2D eigenvalue weighted by Gasteiger charge is -2.39. The van der Waals surface area contributed by atoms with Crippen LogP contribution in [-0.4, -0.2) is 76.6 Å². The summed E-state index contributed by atoms with van der Waals surface area (Å²) in [5, 5.41) is 6.95. The van der Waals surface area contributed by atoms with E-state index in [4.69, 9.17) is 9.47 Å². The van der Waals surface area contributed by atoms with E-state index in [1.165, 1.54) is 6.42 Å². The van der Waals surface area contributed by atoms with Gasteiger partial charge in [-0.15, -0.1) is 24.0 Å². The van der Waals surface area contributed by atoms with Crippen molar-refractivity contribution in [2.45, 2.75) is 33.2 Å². The van der Waals surface area contributed by atoms with Crippen molar-refractivity contribution in [3.8, 4) is 0 Å². The molecule has 2 aliphatic rings. The van der Waals surface area contributed by atoms with E-state index in [0.29, 0.717) is 12.0 Å². The molecule has 0 bridgehead atoms. The van der Waals surface area contributed by atoms with Crippen molar-refractivity contribution in [1.29, 1.82) is 0 Å². The van der Waals surface area contributed by atoms with Crippen molar-refractivity contribution < 1.29 is 9.47 Å². The first-order valence-electron chi connectivity index (χ1n) is 8.86. The minimum Gasteiger partial charge on any atom is -0.380 e. The topological polar surface area (TPSA) is 58.1 Å². The fourth-order valence-electron chi connectivity index (χ4n) is 3.13. The number of halogens is 1. The van der Waals surface area contributed by atoms with Gasteiger partial charge in [0.15, 0.2) is 5.96 Å². The highest BCUT2D eigenvalue weighted by Crippen LogP contribution is 2.24. The third-order valence-corrected chi connectivity index (χ3v) is 4.62. The molecule has 0 aromatic carbocycles. The van der Waals surface area contributed by atoms with Gasteiger partial charge in [-0.1, -0.05) is 20.8 Å². The quantitative estimate of drug-likeness (QED) is 0.348. The Morgan fingerprint density at radius 1 is 1.17 bits per heavy atom. The number of guanidine groups is 1. The van der Waals surface area contributed by atoms with Gasteiger partial charge in [0.2, 0.25) is 0 Å². The van der Waals surface area contributed by atoms with Crippen molar-refractivity contribution in [3.05, 3.63) is 0 Å². The van der Waals surface area contributed by atoms with Crippen LogP contribution in [0.2, 0.25) is 0 Å². The molecular formula is C17H35IN4O2. The summed E-state index contributed by atoms with van der Waals surface area (Å²) < 4.78 is 10.8. The molecule has 2 rings (SSSR count). The molecule has 2 aliphatic heterocycles. The molecule has 0 saturated carbocycles. The van der Waals surface area contributed by atoms with Crippen molar-refractivity contribution in [2.24, 2.45) is 16.3 Å². The molecule has 0 aromatic heterocycles. The molecule has 7 heteroatoms. The Morgan fingerprint density at radius 2 is 1.83 bits per heavy atom. The average molecular weight is 454 g/mol. The van der Waals surface area contributed by atoms with E-state index in [-0.39, 0.29) is 29.4 Å². The first kappa shape index (κ1) is 21.9. The summed E-state index contributed by atoms with van der Waals surface area (Å²) in [5.74, 6) is 1.57. The van der Waals surface area contributed by atoms with E-state index >= 15 is 0 Å². The highest BCUT2D eigenvalue weighted by atomic mass is 127. The molecule has 1 unspecified atom stereocenters. The molecule has 2 N–H and O–H groups in total. The Labute approximate surface area is 164 Å². The van der Waals surface area contributed by atoms with Crippen LogP contribution in [0.5, 0.6) is 0 Å². The molecule has 0 aromatic rings. The van der Waals surface area contributed by atoms with E-state index in [2.05, 4.69) is 41.3 Å². The van der Waals surface area contributed by atoms with Gasteiger partial charge >= 0.3 is 0 Å². The number of nitrogens with zero attached hydrogens (tertiary/aromatic N) is 2. The van der Waals surface area contributed by atoms with Gasteiger partial charge in [0, 0.05) is 44.7 Å². The molecule has 1 atom stereocenters. The minimum absolute atomic E-state index is 0. The number of ether oxygens (including phenoxy) is 2. The summed E-state index contributed by atoms with van der Waals surface area (Å²) in [4.78, 5) is 6.90. The molecule has 2 heterocycles. The van der Waals surface area contributed by atoms with Gasteiger partial charge in [-0.25, -0.2) is 0 Å². The van der Waals surface area contributed by atoms with Crippen LogP contribution >= 0.6 is 24.0 Å². The molecular weight excluding hydrogens is 419 g/mol. The van der Waals surface area contributed by atoms with E-state index in [9.17, 15) is 0 Å². The van der Waals surface area contributed by atoms with Crippen molar-refractivity contribution >= 4 is 29.9 Å². The van der Waals surface area contributed by atoms with Crippen LogP contribution in [0.3, 0.4) is 0 Å². The summed E-state index contributed by atoms with van der Waals surface area (Å²) in [6, 6.07) is 0.528. The van der Waals surface area contributed by atoms with Gasteiger partial charge in [-0.05, 0) is 12.3 Å². The van der Waals surface area contributed by atoms with E-state index in [1.807, 2.05) is 7.05 Å². The van der Waals surface area contributed by atoms with E-state index in [1.54, 1.807) is 0 Å². The van der Waals surface area contributed by atoms with Gasteiger partial charge in [0.05, 0.1) is 26.4 Å². The fraction of sp³-hybridized carbons (Fsp3) is 0.941. The Hall–Kier alpha value is -0.120. The fourth-order valence-corrected chi connectivity index (χ4v) is 3.13. The largest absolute Gasteiger partial charge is 0.380 e. The van der Waals surface area contributed by atoms with Crippen molar-refractivity contribution in [2.75, 3.05) is 59.7 Å². The Balaban J connectivity index is 0.00000288. The zero-order valence-corrected chi connectivity index (χ0v) is 18.0. The van der Waals surface area contributed by atoms with Crippen LogP contribution < -0.4 is 10.6 Å². The number of hydrogen-bond donors (Lipinski definition) is 2. The molecule has 2 fully saturated rings. The van der Waals surface area contributed by atoms with Gasteiger partial charge in [-0.2, -0.15) is 0 Å². The monoisotopic (exact) mass is 454 g/mol. The molecule has 24 heavy (non-hydrogen) atoms. The number of morpholine rings is 1. The van der Waals surface area contributed by atoms with E-state index < -0.39 is 0 Å². The third-order valence-electron chi connectivity index (χ3n) is 4.62. The van der Waals surface area contributed by atoms with Gasteiger partial charge in [0.1, 0.15) is 0 Å². The molecule has 0 radical (unpaired) electrons. The molecule has 6 nitrogen and oxygen atoms in total. The number of aliphatic imine (C=N–C) groups is 1. The third kappa shape index (κ3) is 7.01. The zero-order chi connectivity index (χ0) is 16.7. The standard InChI is InChI=1S/C17H34N4O2.HI/c1-14(2)9-15(21-5-7-22-8-6-21)10-19-16(18-4)20-11-17(3)12-23-13-17;/h14-15H,5-13H2,1-4H3,(H2,18,19,20);1H. The smallest absolute Gasteiger partial charge is 0.191 e. The SMILES string of the molecule is CN=C(NCC(CC(C)C)N1CCOCC1)NCC1(C)COC1.I. The summed E-state index contributed by atoms with van der Waals surface area (Å²) >= 11 is 0. The van der Waals surface area contributed by atoms with Crippen LogP contribution in [-0.2, 0) is 9.47 Å². The first-order chi connectivity index (χ1) is 11.0. The van der Waals surface area contributed by atoms with Crippen molar-refractivity contribution in [3.63, 3.8) is 0 Å². The zero-order valence-electron chi connectivity index (χ0n) is 15.6. The van der Waals surface area contributed by atoms with E-state index in [0.717, 1.165) is 58.6 Å². The Kier molecular flexibility index (Phi) is 9.84. The molecule has 142 valence electrons. The second-order valence-corrected chi connectivity index (χ2v) is 7.54. The first-order valence-corrected chi connectivity index (χ1v) is 8.86. The predicted octanol–water partition coefficient (Wildman–Crippen LogP) is 1.55. The second kappa shape index (κ2) is 10.8. The van der Waals surface area contributed by atoms with Crippen LogP contribution in [0.4, 0.5) is 0 Å². The van der Waals surface area contributed by atoms with Gasteiger partial charge < -0.3 is 20.1 Å². The van der Waals surface area contributed by atoms with Gasteiger partial charge in [-0.3, -0.25) is 9.89 Å². The lowest BCUT2D eigenvalue weighted by Crippen LogP contribution is -2.54. The maximum absolute atomic E-state index is 5.49. The van der Waals surface area contributed by atoms with Crippen LogP contribution in [0, 0.1) is 11.3 Å². The summed E-state index contributed by atoms with van der Waals surface area (Å²) in [5.41, 5.74) is 0.249. The average Bonchev–Trinajstić information content (AvgIpc) is 2.52. The predicted molar refractivity (Wildman–Crippen MR) is 109 cm³/mol. The molecule has 0 amide bonds. The number of nitrogens with one attached hydrogen (secondary N) is 2. The highest BCUT2D eigenvalue weighted by Gasteiger charge is 2.33. The van der Waals surface area contributed by atoms with Crippen molar-refractivity contribution in [1.82, 2.24) is 15.5 Å². The van der Waals surface area contributed by atoms with Crippen LogP contribution in [0.25, 0.3) is 0 Å². The van der Waals surface area contributed by atoms with Crippen LogP contribution in [0.15, 0.2) is 4.99 Å². The molecule has 0 spiro atoms. The minimum atomic E-state index is 0. The molecule has 2 saturated heterocycles. The normalized spacial score (nSPS) is 22.5. The maximum Gasteiger partial charge on any atom is 0.191 e. The highest BCUT2D eigenvalue weighted by molar-refractivity contribution is 14.0. The lowest BCUT2D eigenvalue weighted by atomic mass is 9.89. The summed E-state index contributed by atoms with van der Waals surface area (Å²) in [6.07, 6.45) is 1.19. The maximum atomic E-state index is 5.49. The van der Waals surface area contributed by atoms with Gasteiger partial charge in [0.25, 0.3) is 0 Å². The number of rotatable bonds is 7. The Morgan fingerprint density at radius 3 is 2.33 bits per heavy atom. The Bertz CT molecular complexity index is 383. The lowest BCUT2D eigenvalue weighted by molar-refractivity contribution is -0.0971. The summed E-state index contributed by atoms with van der Waals surface area (Å²) in [7, 11) is 1.83. The molecule has 0 aliphatic carbocycles. The summed E-state index contributed by atoms with van der Waals surface area (Å²) in [6.45, 7) is 14.1. The van der Waals surface area contributed by atoms with Crippen LogP contribution in [0.1, 0.15) is 27.2 Å². The number of hydrogen-bond acceptors (Lipinski definition) is 4. The second-order valence-electron chi connectivity index (χ2n) is 7.54.